The Morgan fingerprint density at radius 2 is 1.87 bits per heavy atom. The summed E-state index contributed by atoms with van der Waals surface area (Å²) in [5, 5.41) is 8.33. The Kier molecular flexibility index (Phi) is 6.44. The summed E-state index contributed by atoms with van der Waals surface area (Å²) >= 11 is 0. The summed E-state index contributed by atoms with van der Waals surface area (Å²) in [6, 6.07) is 12.1. The summed E-state index contributed by atoms with van der Waals surface area (Å²) in [6.45, 7) is 6.24. The van der Waals surface area contributed by atoms with Crippen molar-refractivity contribution in [2.45, 2.75) is 25.9 Å². The molecular formula is C22H22F3N3O2. The maximum Gasteiger partial charge on any atom is 0.416 e. The Morgan fingerprint density at radius 1 is 1.17 bits per heavy atom. The molecule has 0 radical (unpaired) electrons. The molecule has 0 aliphatic rings. The molecule has 3 aromatic rings. The summed E-state index contributed by atoms with van der Waals surface area (Å²) in [4.78, 5) is 12.0. The van der Waals surface area contributed by atoms with Crippen molar-refractivity contribution < 1.29 is 22.7 Å². The molecule has 158 valence electrons. The minimum Gasteiger partial charge on any atom is -0.462 e. The summed E-state index contributed by atoms with van der Waals surface area (Å²) in [5.41, 5.74) is 0.749. The zero-order valence-corrected chi connectivity index (χ0v) is 16.5. The monoisotopic (exact) mass is 417 g/mol. The van der Waals surface area contributed by atoms with Gasteiger partial charge in [-0.25, -0.2) is 9.48 Å². The first-order valence-corrected chi connectivity index (χ1v) is 9.55. The van der Waals surface area contributed by atoms with Gasteiger partial charge in [0, 0.05) is 17.5 Å². The van der Waals surface area contributed by atoms with E-state index in [0.29, 0.717) is 18.1 Å². The predicted octanol–water partition coefficient (Wildman–Crippen LogP) is 5.36. The van der Waals surface area contributed by atoms with E-state index >= 15 is 0 Å². The number of aromatic nitrogens is 2. The molecule has 0 unspecified atom stereocenters. The smallest absolute Gasteiger partial charge is 0.416 e. The third kappa shape index (κ3) is 4.82. The number of unbranched alkanes of at least 4 members (excludes halogenated alkanes) is 1. The Morgan fingerprint density at radius 3 is 2.53 bits per heavy atom. The first-order valence-electron chi connectivity index (χ1n) is 9.55. The number of nitrogens with one attached hydrogen (secondary N) is 1. The van der Waals surface area contributed by atoms with E-state index in [0.717, 1.165) is 35.9 Å². The van der Waals surface area contributed by atoms with Crippen LogP contribution < -0.4 is 5.32 Å². The Hall–Kier alpha value is -3.29. The second-order valence-corrected chi connectivity index (χ2v) is 6.77. The van der Waals surface area contributed by atoms with E-state index in [9.17, 15) is 18.0 Å². The van der Waals surface area contributed by atoms with Crippen molar-refractivity contribution in [2.75, 3.05) is 18.5 Å². The van der Waals surface area contributed by atoms with E-state index in [1.54, 1.807) is 4.68 Å². The van der Waals surface area contributed by atoms with Crippen LogP contribution >= 0.6 is 0 Å². The van der Waals surface area contributed by atoms with Crippen molar-refractivity contribution in [1.82, 2.24) is 9.78 Å². The van der Waals surface area contributed by atoms with Crippen molar-refractivity contribution in [3.63, 3.8) is 0 Å². The molecule has 0 saturated heterocycles. The van der Waals surface area contributed by atoms with Gasteiger partial charge >= 0.3 is 12.1 Å². The van der Waals surface area contributed by atoms with Gasteiger partial charge in [-0.05, 0) is 42.8 Å². The summed E-state index contributed by atoms with van der Waals surface area (Å²) in [6.07, 6.45) is -2.69. The predicted molar refractivity (Wildman–Crippen MR) is 110 cm³/mol. The second kappa shape index (κ2) is 9.02. The van der Waals surface area contributed by atoms with Gasteiger partial charge in [-0.1, -0.05) is 32.1 Å². The number of anilines is 1. The number of hydrogen-bond donors (Lipinski definition) is 1. The topological polar surface area (TPSA) is 56.2 Å². The van der Waals surface area contributed by atoms with Crippen LogP contribution in [0, 0.1) is 0 Å². The molecule has 0 amide bonds. The highest BCUT2D eigenvalue weighted by Gasteiger charge is 2.30. The first-order chi connectivity index (χ1) is 14.3. The third-order valence-corrected chi connectivity index (χ3v) is 4.52. The van der Waals surface area contributed by atoms with Crippen molar-refractivity contribution in [3.8, 4) is 5.69 Å². The number of ether oxygens (including phenoxy) is 1. The Balaban J connectivity index is 1.81. The molecule has 1 aromatic heterocycles. The molecule has 0 aliphatic carbocycles. The van der Waals surface area contributed by atoms with Gasteiger partial charge < -0.3 is 10.1 Å². The molecule has 0 saturated carbocycles. The van der Waals surface area contributed by atoms with Gasteiger partial charge in [0.05, 0.1) is 23.4 Å². The minimum absolute atomic E-state index is 0.138. The van der Waals surface area contributed by atoms with Crippen LogP contribution in [-0.2, 0) is 15.7 Å². The lowest BCUT2D eigenvalue weighted by Crippen LogP contribution is -2.15. The average Bonchev–Trinajstić information content (AvgIpc) is 3.10. The fourth-order valence-corrected chi connectivity index (χ4v) is 2.86. The van der Waals surface area contributed by atoms with Gasteiger partial charge in [-0.15, -0.1) is 5.10 Å². The molecule has 1 N–H and O–H groups in total. The zero-order valence-electron chi connectivity index (χ0n) is 16.5. The number of carbonyl (C=O) groups is 1. The Bertz CT molecular complexity index is 1040. The molecule has 1 heterocycles. The highest BCUT2D eigenvalue weighted by atomic mass is 19.4. The number of hydrogen-bond acceptors (Lipinski definition) is 4. The van der Waals surface area contributed by atoms with Crippen molar-refractivity contribution >= 4 is 22.7 Å². The number of nitrogens with zero attached hydrogens (tertiary/aromatic N) is 2. The fraction of sp³-hybridized carbons (Fsp3) is 0.273. The lowest BCUT2D eigenvalue weighted by atomic mass is 10.2. The molecule has 0 atom stereocenters. The van der Waals surface area contributed by atoms with Gasteiger partial charge in [0.1, 0.15) is 0 Å². The average molecular weight is 417 g/mol. The normalized spacial score (nSPS) is 11.5. The van der Waals surface area contributed by atoms with Gasteiger partial charge in [-0.2, -0.15) is 13.2 Å². The largest absolute Gasteiger partial charge is 0.462 e. The zero-order chi connectivity index (χ0) is 21.7. The first kappa shape index (κ1) is 21.4. The summed E-state index contributed by atoms with van der Waals surface area (Å²) in [7, 11) is 0. The van der Waals surface area contributed by atoms with E-state index in [-0.39, 0.29) is 12.1 Å². The van der Waals surface area contributed by atoms with Crippen LogP contribution in [0.25, 0.3) is 16.6 Å². The van der Waals surface area contributed by atoms with Crippen molar-refractivity contribution in [3.05, 3.63) is 66.2 Å². The molecule has 5 nitrogen and oxygen atoms in total. The molecular weight excluding hydrogens is 395 g/mol. The SMILES string of the molecule is C=C(CNc1nn(-c2ccc(C(F)(F)F)cc2)c2ccccc12)C(=O)OCCCC. The summed E-state index contributed by atoms with van der Waals surface area (Å²) < 4.78 is 45.2. The van der Waals surface area contributed by atoms with Gasteiger partial charge in [-0.3, -0.25) is 0 Å². The number of benzene rings is 2. The van der Waals surface area contributed by atoms with Crippen LogP contribution in [-0.4, -0.2) is 28.9 Å². The number of para-hydroxylation sites is 1. The van der Waals surface area contributed by atoms with E-state index < -0.39 is 17.7 Å². The highest BCUT2D eigenvalue weighted by molar-refractivity contribution is 5.93. The fourth-order valence-electron chi connectivity index (χ4n) is 2.86. The van der Waals surface area contributed by atoms with Crippen LogP contribution in [0.4, 0.5) is 19.0 Å². The van der Waals surface area contributed by atoms with E-state index in [2.05, 4.69) is 17.0 Å². The van der Waals surface area contributed by atoms with Crippen LogP contribution in [0.2, 0.25) is 0 Å². The number of fused-ring (bicyclic) bond motifs is 1. The van der Waals surface area contributed by atoms with Crippen LogP contribution in [0.5, 0.6) is 0 Å². The minimum atomic E-state index is -4.40. The van der Waals surface area contributed by atoms with Gasteiger partial charge in [0.25, 0.3) is 0 Å². The third-order valence-electron chi connectivity index (χ3n) is 4.52. The number of halogens is 3. The molecule has 0 spiro atoms. The summed E-state index contributed by atoms with van der Waals surface area (Å²) in [5.74, 6) is 0.0235. The highest BCUT2D eigenvalue weighted by Crippen LogP contribution is 2.31. The number of esters is 1. The maximum absolute atomic E-state index is 12.8. The standard InChI is InChI=1S/C22H22F3N3O2/c1-3-4-13-30-21(29)15(2)14-26-20-18-7-5-6-8-19(18)28(27-20)17-11-9-16(10-12-17)22(23,24)25/h5-12H,2-4,13-14H2,1H3,(H,26,27). The van der Waals surface area contributed by atoms with Gasteiger partial charge in [0.15, 0.2) is 5.82 Å². The number of carbonyl (C=O) groups excluding carboxylic acids is 1. The van der Waals surface area contributed by atoms with Gasteiger partial charge in [0.2, 0.25) is 0 Å². The molecule has 8 heteroatoms. The number of rotatable bonds is 8. The molecule has 30 heavy (non-hydrogen) atoms. The molecule has 0 aliphatic heterocycles. The Labute approximate surface area is 172 Å². The van der Waals surface area contributed by atoms with Crippen LogP contribution in [0.3, 0.4) is 0 Å². The maximum atomic E-state index is 12.8. The van der Waals surface area contributed by atoms with Crippen molar-refractivity contribution in [2.24, 2.45) is 0 Å². The lowest BCUT2D eigenvalue weighted by Gasteiger charge is -2.08. The van der Waals surface area contributed by atoms with E-state index in [4.69, 9.17) is 4.74 Å². The molecule has 0 fully saturated rings. The number of alkyl halides is 3. The van der Waals surface area contributed by atoms with E-state index in [1.165, 1.54) is 12.1 Å². The molecule has 3 rings (SSSR count). The molecule has 0 bridgehead atoms. The van der Waals surface area contributed by atoms with E-state index in [1.807, 2.05) is 31.2 Å². The van der Waals surface area contributed by atoms with Crippen LogP contribution in [0.15, 0.2) is 60.7 Å². The van der Waals surface area contributed by atoms with Crippen LogP contribution in [0.1, 0.15) is 25.3 Å². The lowest BCUT2D eigenvalue weighted by molar-refractivity contribution is -0.139. The quantitative estimate of drug-likeness (QED) is 0.305. The second-order valence-electron chi connectivity index (χ2n) is 6.77. The molecule has 2 aromatic carbocycles. The van der Waals surface area contributed by atoms with Crippen molar-refractivity contribution in [1.29, 1.82) is 0 Å².